The van der Waals surface area contributed by atoms with E-state index in [9.17, 15) is 0 Å². The van der Waals surface area contributed by atoms with Gasteiger partial charge in [0.15, 0.2) is 0 Å². The summed E-state index contributed by atoms with van der Waals surface area (Å²) < 4.78 is 4.77. The lowest BCUT2D eigenvalue weighted by molar-refractivity contribution is 1.05. The first-order valence-electron chi connectivity index (χ1n) is 11.7. The highest BCUT2D eigenvalue weighted by molar-refractivity contribution is 6.23. The highest BCUT2D eigenvalue weighted by atomic mass is 15.0. The van der Waals surface area contributed by atoms with Crippen molar-refractivity contribution in [2.75, 3.05) is 0 Å². The molecular weight excluding hydrogens is 412 g/mol. The van der Waals surface area contributed by atoms with Crippen molar-refractivity contribution >= 4 is 38.8 Å². The van der Waals surface area contributed by atoms with Gasteiger partial charge in [-0.15, -0.1) is 0 Å². The van der Waals surface area contributed by atoms with Crippen LogP contribution in [0, 0.1) is 13.8 Å². The molecule has 2 heteroatoms. The molecule has 0 bridgehead atoms. The molecule has 0 aliphatic carbocycles. The summed E-state index contributed by atoms with van der Waals surface area (Å²) in [6.07, 6.45) is 6.08. The van der Waals surface area contributed by atoms with Gasteiger partial charge in [-0.05, 0) is 61.9 Å². The van der Waals surface area contributed by atoms with Gasteiger partial charge < -0.3 is 9.13 Å². The van der Waals surface area contributed by atoms with E-state index in [2.05, 4.69) is 127 Å². The Hall–Kier alpha value is -4.30. The number of aromatic nitrogens is 2. The third kappa shape index (κ3) is 2.96. The van der Waals surface area contributed by atoms with Gasteiger partial charge in [0.2, 0.25) is 0 Å². The second-order valence-electron chi connectivity index (χ2n) is 8.81. The predicted octanol–water partition coefficient (Wildman–Crippen LogP) is 8.54. The van der Waals surface area contributed by atoms with E-state index in [-0.39, 0.29) is 0 Å². The van der Waals surface area contributed by atoms with Crippen molar-refractivity contribution in [3.63, 3.8) is 0 Å². The van der Waals surface area contributed by atoms with Crippen LogP contribution in [0.15, 0.2) is 110 Å². The molecule has 6 aromatic rings. The lowest BCUT2D eigenvalue weighted by Crippen LogP contribution is -1.96. The largest absolute Gasteiger partial charge is 0.313 e. The van der Waals surface area contributed by atoms with Crippen LogP contribution >= 0.6 is 0 Å². The van der Waals surface area contributed by atoms with Crippen LogP contribution in [0.25, 0.3) is 50.2 Å². The van der Waals surface area contributed by atoms with E-state index in [4.69, 9.17) is 0 Å². The fourth-order valence-electron chi connectivity index (χ4n) is 5.31. The third-order valence-electron chi connectivity index (χ3n) is 6.73. The van der Waals surface area contributed by atoms with Crippen LogP contribution in [0.2, 0.25) is 0 Å². The van der Waals surface area contributed by atoms with Gasteiger partial charge in [-0.3, -0.25) is 0 Å². The molecule has 2 nitrogen and oxygen atoms in total. The SMILES string of the molecule is C=C/C=C\c1c(C)n(-c2ccccc2)c2ccc3c(c4ccccc4n3-c3cccc(C)c3)c12. The van der Waals surface area contributed by atoms with Crippen LogP contribution in [-0.4, -0.2) is 9.13 Å². The van der Waals surface area contributed by atoms with Gasteiger partial charge in [0.25, 0.3) is 0 Å². The zero-order valence-corrected chi connectivity index (χ0v) is 19.5. The number of benzene rings is 4. The summed E-state index contributed by atoms with van der Waals surface area (Å²) in [6, 6.07) is 32.6. The van der Waals surface area contributed by atoms with Crippen molar-refractivity contribution in [3.8, 4) is 11.4 Å². The van der Waals surface area contributed by atoms with Crippen molar-refractivity contribution < 1.29 is 0 Å². The average Bonchev–Trinajstić information content (AvgIpc) is 3.34. The standard InChI is InChI=1S/C32H26N2/c1-4-5-16-26-23(3)33(24-13-7-6-8-14-24)29-19-20-30-32(31(26)29)27-17-9-10-18-28(27)34(30)25-15-11-12-22(2)21-25/h4-21H,1H2,2-3H3/b16-5-. The highest BCUT2D eigenvalue weighted by Crippen LogP contribution is 2.41. The topological polar surface area (TPSA) is 9.86 Å². The molecule has 0 amide bonds. The number of allylic oxidation sites excluding steroid dienone is 2. The summed E-state index contributed by atoms with van der Waals surface area (Å²) >= 11 is 0. The Labute approximate surface area is 199 Å². The minimum atomic E-state index is 1.17. The monoisotopic (exact) mass is 438 g/mol. The number of fused-ring (bicyclic) bond motifs is 5. The van der Waals surface area contributed by atoms with E-state index in [0.717, 1.165) is 0 Å². The summed E-state index contributed by atoms with van der Waals surface area (Å²) in [6.45, 7) is 8.28. The Morgan fingerprint density at radius 2 is 1.35 bits per heavy atom. The average molecular weight is 439 g/mol. The number of aryl methyl sites for hydroxylation is 1. The van der Waals surface area contributed by atoms with E-state index in [0.29, 0.717) is 0 Å². The molecule has 0 N–H and O–H groups in total. The molecule has 0 aliphatic rings. The number of nitrogens with zero attached hydrogens (tertiary/aromatic N) is 2. The summed E-state index contributed by atoms with van der Waals surface area (Å²) in [5, 5.41) is 3.83. The maximum atomic E-state index is 3.92. The van der Waals surface area contributed by atoms with Gasteiger partial charge in [-0.25, -0.2) is 0 Å². The Morgan fingerprint density at radius 3 is 2.12 bits per heavy atom. The molecule has 0 fully saturated rings. The number of hydrogen-bond acceptors (Lipinski definition) is 0. The summed E-state index contributed by atoms with van der Waals surface area (Å²) in [5.74, 6) is 0. The van der Waals surface area contributed by atoms with Crippen LogP contribution in [0.4, 0.5) is 0 Å². The maximum Gasteiger partial charge on any atom is 0.0548 e. The smallest absolute Gasteiger partial charge is 0.0548 e. The van der Waals surface area contributed by atoms with E-state index >= 15 is 0 Å². The second kappa shape index (κ2) is 7.93. The van der Waals surface area contributed by atoms with Crippen molar-refractivity contribution in [1.82, 2.24) is 9.13 Å². The molecule has 2 aromatic heterocycles. The fourth-order valence-corrected chi connectivity index (χ4v) is 5.31. The molecule has 34 heavy (non-hydrogen) atoms. The Balaban J connectivity index is 1.83. The molecule has 0 saturated carbocycles. The van der Waals surface area contributed by atoms with E-state index in [1.54, 1.807) is 0 Å². The predicted molar refractivity (Wildman–Crippen MR) is 146 cm³/mol. The molecular formula is C32H26N2. The minimum absolute atomic E-state index is 1.17. The summed E-state index contributed by atoms with van der Waals surface area (Å²) in [7, 11) is 0. The molecule has 6 rings (SSSR count). The molecule has 0 aliphatic heterocycles. The molecule has 2 heterocycles. The molecule has 0 radical (unpaired) electrons. The van der Waals surface area contributed by atoms with E-state index in [1.165, 1.54) is 60.9 Å². The van der Waals surface area contributed by atoms with Crippen molar-refractivity contribution in [2.24, 2.45) is 0 Å². The molecule has 0 spiro atoms. The zero-order chi connectivity index (χ0) is 23.2. The molecule has 0 atom stereocenters. The van der Waals surface area contributed by atoms with Crippen molar-refractivity contribution in [3.05, 3.63) is 127 Å². The summed E-state index contributed by atoms with van der Waals surface area (Å²) in [5.41, 5.74) is 9.73. The van der Waals surface area contributed by atoms with E-state index < -0.39 is 0 Å². The Bertz CT molecular complexity index is 1730. The fraction of sp³-hybridized carbons (Fsp3) is 0.0625. The number of para-hydroxylation sites is 2. The normalized spacial score (nSPS) is 11.8. The van der Waals surface area contributed by atoms with Gasteiger partial charge in [-0.2, -0.15) is 0 Å². The van der Waals surface area contributed by atoms with Crippen LogP contribution < -0.4 is 0 Å². The van der Waals surface area contributed by atoms with Crippen LogP contribution in [-0.2, 0) is 0 Å². The lowest BCUT2D eigenvalue weighted by atomic mass is 10.0. The molecule has 164 valence electrons. The van der Waals surface area contributed by atoms with Crippen LogP contribution in [0.1, 0.15) is 16.8 Å². The van der Waals surface area contributed by atoms with Gasteiger partial charge in [0, 0.05) is 38.8 Å². The highest BCUT2D eigenvalue weighted by Gasteiger charge is 2.21. The minimum Gasteiger partial charge on any atom is -0.313 e. The van der Waals surface area contributed by atoms with Gasteiger partial charge >= 0.3 is 0 Å². The van der Waals surface area contributed by atoms with E-state index in [1.807, 2.05) is 12.2 Å². The van der Waals surface area contributed by atoms with Crippen LogP contribution in [0.5, 0.6) is 0 Å². The number of hydrogen-bond donors (Lipinski definition) is 0. The van der Waals surface area contributed by atoms with Crippen molar-refractivity contribution in [1.29, 1.82) is 0 Å². The zero-order valence-electron chi connectivity index (χ0n) is 19.5. The molecule has 0 saturated heterocycles. The maximum absolute atomic E-state index is 3.92. The van der Waals surface area contributed by atoms with Crippen LogP contribution in [0.3, 0.4) is 0 Å². The summed E-state index contributed by atoms with van der Waals surface area (Å²) in [4.78, 5) is 0. The first-order chi connectivity index (χ1) is 16.7. The van der Waals surface area contributed by atoms with Gasteiger partial charge in [0.05, 0.1) is 16.6 Å². The molecule has 0 unspecified atom stereocenters. The lowest BCUT2D eigenvalue weighted by Gasteiger charge is -2.10. The van der Waals surface area contributed by atoms with Crippen molar-refractivity contribution in [2.45, 2.75) is 13.8 Å². The van der Waals surface area contributed by atoms with Gasteiger partial charge in [0.1, 0.15) is 0 Å². The Morgan fingerprint density at radius 1 is 0.647 bits per heavy atom. The first-order valence-corrected chi connectivity index (χ1v) is 11.7. The third-order valence-corrected chi connectivity index (χ3v) is 6.73. The van der Waals surface area contributed by atoms with Gasteiger partial charge in [-0.1, -0.05) is 73.3 Å². The Kier molecular flexibility index (Phi) is 4.74. The number of rotatable bonds is 4. The quantitative estimate of drug-likeness (QED) is 0.244. The first kappa shape index (κ1) is 20.3. The second-order valence-corrected chi connectivity index (χ2v) is 8.81. The molecule has 4 aromatic carbocycles.